The summed E-state index contributed by atoms with van der Waals surface area (Å²) in [6.07, 6.45) is 1.91. The van der Waals surface area contributed by atoms with Gasteiger partial charge in [-0.3, -0.25) is 12.6 Å². The molecule has 0 radical (unpaired) electrons. The third-order valence-corrected chi connectivity index (χ3v) is 11.8. The molecule has 10 nitrogen and oxygen atoms in total. The van der Waals surface area contributed by atoms with Gasteiger partial charge >= 0.3 is 0 Å². The van der Waals surface area contributed by atoms with E-state index in [0.717, 1.165) is 51.0 Å². The molecule has 2 unspecified atom stereocenters. The fourth-order valence-corrected chi connectivity index (χ4v) is 11.3. The van der Waals surface area contributed by atoms with E-state index in [-0.39, 0.29) is 6.61 Å². The molecule has 0 aromatic heterocycles. The summed E-state index contributed by atoms with van der Waals surface area (Å²) in [6, 6.07) is 9.08. The highest BCUT2D eigenvalue weighted by molar-refractivity contribution is 7.87. The van der Waals surface area contributed by atoms with Gasteiger partial charge in [-0.15, -0.1) is 0 Å². The Bertz CT molecular complexity index is 1250. The summed E-state index contributed by atoms with van der Waals surface area (Å²) in [5.74, 6) is 1.48. The third kappa shape index (κ3) is 5.37. The second-order valence-electron chi connectivity index (χ2n) is 11.6. The van der Waals surface area contributed by atoms with Crippen LogP contribution in [0.2, 0.25) is 0 Å². The van der Waals surface area contributed by atoms with Crippen molar-refractivity contribution in [3.63, 3.8) is 0 Å². The molecule has 6 fully saturated rings. The molecule has 6 aliphatic rings. The van der Waals surface area contributed by atoms with Crippen molar-refractivity contribution in [3.05, 3.63) is 35.9 Å². The van der Waals surface area contributed by atoms with Crippen molar-refractivity contribution >= 4 is 31.0 Å². The van der Waals surface area contributed by atoms with Crippen molar-refractivity contribution in [1.82, 2.24) is 0 Å². The Morgan fingerprint density at radius 1 is 0.842 bits per heavy atom. The Hall–Kier alpha value is -0.930. The summed E-state index contributed by atoms with van der Waals surface area (Å²) in [5.41, 5.74) is -0.529. The molecule has 0 spiro atoms. The quantitative estimate of drug-likeness (QED) is 0.436. The van der Waals surface area contributed by atoms with Crippen molar-refractivity contribution in [2.75, 3.05) is 19.1 Å². The van der Waals surface area contributed by atoms with Gasteiger partial charge in [0.2, 0.25) is 0 Å². The van der Waals surface area contributed by atoms with Crippen LogP contribution in [0, 0.1) is 17.8 Å². The van der Waals surface area contributed by atoms with Crippen LogP contribution >= 0.6 is 0 Å². The van der Waals surface area contributed by atoms with Gasteiger partial charge in [0.1, 0.15) is 24.4 Å². The summed E-state index contributed by atoms with van der Waals surface area (Å²) >= 11 is 0. The fraction of sp³-hybridized carbons (Fsp3) is 0.760. The van der Waals surface area contributed by atoms with E-state index in [1.807, 2.05) is 18.2 Å². The summed E-state index contributed by atoms with van der Waals surface area (Å²) in [5, 5.41) is 0. The summed E-state index contributed by atoms with van der Waals surface area (Å²) < 4.78 is 92.9. The molecular formula is C25H34O10S3. The smallest absolute Gasteiger partial charge is 0.264 e. The second-order valence-corrected chi connectivity index (χ2v) is 16.8. The highest BCUT2D eigenvalue weighted by Gasteiger charge is 2.61. The van der Waals surface area contributed by atoms with E-state index < -0.39 is 71.9 Å². The highest BCUT2D eigenvalue weighted by Crippen LogP contribution is 2.59. The zero-order chi connectivity index (χ0) is 26.9. The summed E-state index contributed by atoms with van der Waals surface area (Å²) in [6.45, 7) is 0.0218. The van der Waals surface area contributed by atoms with E-state index in [0.29, 0.717) is 23.3 Å². The minimum atomic E-state index is -4.11. The Balaban J connectivity index is 1.36. The van der Waals surface area contributed by atoms with Gasteiger partial charge in [-0.2, -0.15) is 16.8 Å². The van der Waals surface area contributed by atoms with Gasteiger partial charge in [0.15, 0.2) is 11.7 Å². The average molecular weight is 591 g/mol. The van der Waals surface area contributed by atoms with Crippen LogP contribution in [0.4, 0.5) is 0 Å². The van der Waals surface area contributed by atoms with E-state index in [9.17, 15) is 21.0 Å². The Morgan fingerprint density at radius 3 is 1.95 bits per heavy atom. The minimum Gasteiger partial charge on any atom is -0.354 e. The van der Waals surface area contributed by atoms with Crippen molar-refractivity contribution in [2.24, 2.45) is 17.8 Å². The first-order valence-corrected chi connectivity index (χ1v) is 17.9. The van der Waals surface area contributed by atoms with Gasteiger partial charge in [0.05, 0.1) is 29.9 Å². The Labute approximate surface area is 226 Å². The molecule has 0 N–H and O–H groups in total. The van der Waals surface area contributed by atoms with Crippen LogP contribution in [0.15, 0.2) is 30.3 Å². The molecule has 4 aliphatic carbocycles. The number of hydrogen-bond donors (Lipinski definition) is 0. The van der Waals surface area contributed by atoms with Crippen LogP contribution < -0.4 is 0 Å². The van der Waals surface area contributed by atoms with Crippen LogP contribution in [0.5, 0.6) is 0 Å². The summed E-state index contributed by atoms with van der Waals surface area (Å²) in [7, 11) is -9.89. The number of rotatable bonds is 7. The molecule has 0 amide bonds. The average Bonchev–Trinajstić information content (AvgIpc) is 2.83. The maximum atomic E-state index is 14.4. The van der Waals surface area contributed by atoms with Gasteiger partial charge in [0, 0.05) is 10.3 Å². The fourth-order valence-electron chi connectivity index (χ4n) is 7.64. The SMILES string of the molecule is CS(=O)(=O)O[C@@H]1[C@@H](OS(C)(=O)=O)[C@H](S(=O)C23CC4CC(CC(C4)C2)C3)O[C@@H]2COC(c3ccccc3)O[C@@H]12. The van der Waals surface area contributed by atoms with Gasteiger partial charge in [-0.05, 0) is 56.3 Å². The maximum absolute atomic E-state index is 14.4. The third-order valence-electron chi connectivity index (χ3n) is 8.55. The predicted molar refractivity (Wildman–Crippen MR) is 137 cm³/mol. The molecule has 2 aliphatic heterocycles. The highest BCUT2D eigenvalue weighted by atomic mass is 32.2. The van der Waals surface area contributed by atoms with Crippen molar-refractivity contribution < 1.29 is 43.6 Å². The normalized spacial score (nSPS) is 43.5. The largest absolute Gasteiger partial charge is 0.354 e. The molecule has 1 aromatic carbocycles. The lowest BCUT2D eigenvalue weighted by Crippen LogP contribution is -2.67. The molecule has 7 atom stereocenters. The van der Waals surface area contributed by atoms with Crippen LogP contribution in [0.25, 0.3) is 0 Å². The molecule has 1 aromatic rings. The first-order chi connectivity index (χ1) is 17.9. The molecule has 212 valence electrons. The zero-order valence-electron chi connectivity index (χ0n) is 21.3. The first kappa shape index (κ1) is 27.3. The number of hydrogen-bond acceptors (Lipinski definition) is 10. The molecule has 2 heterocycles. The molecule has 4 saturated carbocycles. The van der Waals surface area contributed by atoms with E-state index in [1.54, 1.807) is 12.1 Å². The lowest BCUT2D eigenvalue weighted by atomic mass is 9.56. The lowest BCUT2D eigenvalue weighted by Gasteiger charge is -2.57. The zero-order valence-corrected chi connectivity index (χ0v) is 23.8. The van der Waals surface area contributed by atoms with E-state index >= 15 is 0 Å². The minimum absolute atomic E-state index is 0.0218. The Kier molecular flexibility index (Phi) is 7.07. The van der Waals surface area contributed by atoms with Gasteiger partial charge in [-0.25, -0.2) is 0 Å². The second kappa shape index (κ2) is 9.86. The molecule has 4 bridgehead atoms. The standard InChI is InChI=1S/C25H34O10S3/c1-37(27,28)34-21-20-19(14-31-23(33-20)18-6-4-3-5-7-18)32-24(22(21)35-38(2,29)30)36(26)25-11-15-8-16(12-25)10-17(9-15)13-25/h3-7,15-17,19-24H,8-14H2,1-2H3/t15?,16?,17?,19-,20-,21+,22-,23?,24+,25?,36?/m1/s1. The van der Waals surface area contributed by atoms with E-state index in [2.05, 4.69) is 0 Å². The van der Waals surface area contributed by atoms with Crippen molar-refractivity contribution in [1.29, 1.82) is 0 Å². The lowest BCUT2D eigenvalue weighted by molar-refractivity contribution is -0.312. The number of fused-ring (bicyclic) bond motifs is 1. The number of benzene rings is 1. The van der Waals surface area contributed by atoms with Gasteiger partial charge in [-0.1, -0.05) is 30.3 Å². The molecular weight excluding hydrogens is 556 g/mol. The summed E-state index contributed by atoms with van der Waals surface area (Å²) in [4.78, 5) is 0. The van der Waals surface area contributed by atoms with Crippen LogP contribution in [-0.2, 0) is 53.6 Å². The molecule has 13 heteroatoms. The van der Waals surface area contributed by atoms with Crippen LogP contribution in [-0.4, -0.2) is 74.8 Å². The maximum Gasteiger partial charge on any atom is 0.264 e. The van der Waals surface area contributed by atoms with Crippen LogP contribution in [0.1, 0.15) is 50.4 Å². The van der Waals surface area contributed by atoms with Crippen molar-refractivity contribution in [2.45, 2.75) is 79.4 Å². The predicted octanol–water partition coefficient (Wildman–Crippen LogP) is 2.23. The monoisotopic (exact) mass is 590 g/mol. The molecule has 2 saturated heterocycles. The molecule has 7 rings (SSSR count). The number of ether oxygens (including phenoxy) is 3. The van der Waals surface area contributed by atoms with E-state index in [4.69, 9.17) is 22.6 Å². The Morgan fingerprint density at radius 2 is 1.39 bits per heavy atom. The van der Waals surface area contributed by atoms with E-state index in [1.165, 1.54) is 0 Å². The topological polar surface area (TPSA) is 132 Å². The first-order valence-electron chi connectivity index (χ1n) is 13.0. The molecule has 38 heavy (non-hydrogen) atoms. The van der Waals surface area contributed by atoms with Crippen LogP contribution in [0.3, 0.4) is 0 Å². The van der Waals surface area contributed by atoms with Gasteiger partial charge < -0.3 is 14.2 Å². The van der Waals surface area contributed by atoms with Gasteiger partial charge in [0.25, 0.3) is 20.2 Å². The van der Waals surface area contributed by atoms with Crippen molar-refractivity contribution in [3.8, 4) is 0 Å².